The van der Waals surface area contributed by atoms with Crippen LogP contribution in [0, 0.1) is 12.7 Å². The first-order chi connectivity index (χ1) is 9.40. The maximum absolute atomic E-state index is 13.5. The molecule has 0 bridgehead atoms. The van der Waals surface area contributed by atoms with Crippen LogP contribution in [0.1, 0.15) is 15.9 Å². The van der Waals surface area contributed by atoms with E-state index in [0.29, 0.717) is 16.9 Å². The fourth-order valence-electron chi connectivity index (χ4n) is 1.86. The second-order valence-electron chi connectivity index (χ2n) is 4.53. The monoisotopic (exact) mass is 336 g/mol. The van der Waals surface area contributed by atoms with Crippen molar-refractivity contribution in [1.29, 1.82) is 0 Å². The van der Waals surface area contributed by atoms with Gasteiger partial charge in [-0.2, -0.15) is 0 Å². The number of nitrogens with zero attached hydrogens (tertiary/aromatic N) is 1. The molecule has 0 unspecified atom stereocenters. The van der Waals surface area contributed by atoms with Gasteiger partial charge in [0, 0.05) is 17.1 Å². The van der Waals surface area contributed by atoms with Crippen LogP contribution in [-0.2, 0) is 0 Å². The van der Waals surface area contributed by atoms with Crippen LogP contribution in [0.2, 0.25) is 0 Å². The Hall–Kier alpha value is -1.88. The van der Waals surface area contributed by atoms with Crippen LogP contribution < -0.4 is 10.6 Å². The summed E-state index contributed by atoms with van der Waals surface area (Å²) in [6, 6.07) is 9.68. The standard InChI is InChI=1S/C15H14BrFN2O/c1-9-3-4-10(7-12(9)17)15(20)19(2)14-6-5-11(16)8-13(14)18/h3-8H,18H2,1-2H3. The molecule has 2 rings (SSSR count). The van der Waals surface area contributed by atoms with Gasteiger partial charge >= 0.3 is 0 Å². The Balaban J connectivity index is 2.34. The molecular weight excluding hydrogens is 323 g/mol. The van der Waals surface area contributed by atoms with Gasteiger partial charge in [-0.1, -0.05) is 22.0 Å². The first-order valence-corrected chi connectivity index (χ1v) is 6.78. The predicted octanol–water partition coefficient (Wildman–Crippen LogP) is 3.76. The molecule has 0 heterocycles. The molecule has 104 valence electrons. The Bertz CT molecular complexity index is 673. The van der Waals surface area contributed by atoms with Gasteiger partial charge in [0.15, 0.2) is 0 Å². The quantitative estimate of drug-likeness (QED) is 0.849. The highest BCUT2D eigenvalue weighted by Gasteiger charge is 2.16. The molecule has 0 saturated heterocycles. The molecule has 1 amide bonds. The molecule has 2 aromatic rings. The zero-order valence-corrected chi connectivity index (χ0v) is 12.7. The van der Waals surface area contributed by atoms with E-state index in [1.165, 1.54) is 11.0 Å². The summed E-state index contributed by atoms with van der Waals surface area (Å²) >= 11 is 3.31. The van der Waals surface area contributed by atoms with Crippen LogP contribution in [0.4, 0.5) is 15.8 Å². The molecule has 5 heteroatoms. The van der Waals surface area contributed by atoms with Crippen molar-refractivity contribution >= 4 is 33.2 Å². The minimum absolute atomic E-state index is 0.290. The molecule has 0 radical (unpaired) electrons. The average Bonchev–Trinajstić information content (AvgIpc) is 2.40. The first-order valence-electron chi connectivity index (χ1n) is 5.99. The van der Waals surface area contributed by atoms with Crippen molar-refractivity contribution in [3.63, 3.8) is 0 Å². The van der Waals surface area contributed by atoms with Gasteiger partial charge in [0.05, 0.1) is 11.4 Å². The fraction of sp³-hybridized carbons (Fsp3) is 0.133. The summed E-state index contributed by atoms with van der Waals surface area (Å²) in [6.07, 6.45) is 0. The normalized spacial score (nSPS) is 10.4. The Labute approximate surface area is 125 Å². The van der Waals surface area contributed by atoms with E-state index in [9.17, 15) is 9.18 Å². The van der Waals surface area contributed by atoms with E-state index in [2.05, 4.69) is 15.9 Å². The molecule has 0 fully saturated rings. The third kappa shape index (κ3) is 2.82. The zero-order chi connectivity index (χ0) is 14.9. The average molecular weight is 337 g/mol. The summed E-state index contributed by atoms with van der Waals surface area (Å²) in [4.78, 5) is 13.7. The van der Waals surface area contributed by atoms with Gasteiger partial charge in [-0.15, -0.1) is 0 Å². The van der Waals surface area contributed by atoms with Crippen molar-refractivity contribution in [3.8, 4) is 0 Å². The lowest BCUT2D eigenvalue weighted by Gasteiger charge is -2.19. The molecule has 0 saturated carbocycles. The van der Waals surface area contributed by atoms with Crippen LogP contribution in [0.5, 0.6) is 0 Å². The molecule has 0 aliphatic rings. The maximum Gasteiger partial charge on any atom is 0.258 e. The van der Waals surface area contributed by atoms with E-state index in [4.69, 9.17) is 5.73 Å². The minimum Gasteiger partial charge on any atom is -0.397 e. The fourth-order valence-corrected chi connectivity index (χ4v) is 2.24. The SMILES string of the molecule is Cc1ccc(C(=O)N(C)c2ccc(Br)cc2N)cc1F. The Morgan fingerprint density at radius 2 is 1.95 bits per heavy atom. The number of benzene rings is 2. The van der Waals surface area contributed by atoms with Crippen molar-refractivity contribution in [2.45, 2.75) is 6.92 Å². The van der Waals surface area contributed by atoms with E-state index < -0.39 is 5.82 Å². The molecule has 0 atom stereocenters. The molecule has 20 heavy (non-hydrogen) atoms. The molecule has 0 aromatic heterocycles. The highest BCUT2D eigenvalue weighted by atomic mass is 79.9. The number of halogens is 2. The summed E-state index contributed by atoms with van der Waals surface area (Å²) in [5, 5.41) is 0. The molecule has 0 aliphatic heterocycles. The van der Waals surface area contributed by atoms with E-state index in [1.54, 1.807) is 44.3 Å². The molecular formula is C15H14BrFN2O. The van der Waals surface area contributed by atoms with Gasteiger partial charge < -0.3 is 10.6 Å². The first kappa shape index (κ1) is 14.5. The summed E-state index contributed by atoms with van der Waals surface area (Å²) in [5.74, 6) is -0.703. The van der Waals surface area contributed by atoms with E-state index >= 15 is 0 Å². The zero-order valence-electron chi connectivity index (χ0n) is 11.2. The number of nitrogens with two attached hydrogens (primary N) is 1. The van der Waals surface area contributed by atoms with E-state index in [0.717, 1.165) is 4.47 Å². The van der Waals surface area contributed by atoms with Crippen LogP contribution >= 0.6 is 15.9 Å². The lowest BCUT2D eigenvalue weighted by molar-refractivity contribution is 0.0992. The molecule has 0 spiro atoms. The smallest absolute Gasteiger partial charge is 0.258 e. The van der Waals surface area contributed by atoms with Crippen LogP contribution in [-0.4, -0.2) is 13.0 Å². The number of anilines is 2. The van der Waals surface area contributed by atoms with Crippen molar-refractivity contribution in [1.82, 2.24) is 0 Å². The van der Waals surface area contributed by atoms with Crippen LogP contribution in [0.3, 0.4) is 0 Å². The molecule has 3 nitrogen and oxygen atoms in total. The Morgan fingerprint density at radius 3 is 2.55 bits per heavy atom. The van der Waals surface area contributed by atoms with Gasteiger partial charge in [0.25, 0.3) is 5.91 Å². The van der Waals surface area contributed by atoms with Crippen LogP contribution in [0.25, 0.3) is 0 Å². The van der Waals surface area contributed by atoms with E-state index in [-0.39, 0.29) is 11.5 Å². The summed E-state index contributed by atoms with van der Waals surface area (Å²) in [5.41, 5.74) is 7.75. The second-order valence-corrected chi connectivity index (χ2v) is 5.45. The van der Waals surface area contributed by atoms with Gasteiger partial charge in [-0.3, -0.25) is 4.79 Å². The van der Waals surface area contributed by atoms with Crippen LogP contribution in [0.15, 0.2) is 40.9 Å². The highest BCUT2D eigenvalue weighted by molar-refractivity contribution is 9.10. The number of amides is 1. The van der Waals surface area contributed by atoms with Crippen molar-refractivity contribution in [2.75, 3.05) is 17.7 Å². The maximum atomic E-state index is 13.5. The summed E-state index contributed by atoms with van der Waals surface area (Å²) < 4.78 is 14.4. The van der Waals surface area contributed by atoms with Crippen molar-refractivity contribution in [3.05, 3.63) is 57.8 Å². The number of nitrogen functional groups attached to an aromatic ring is 1. The van der Waals surface area contributed by atoms with Gasteiger partial charge in [0.2, 0.25) is 0 Å². The van der Waals surface area contributed by atoms with Crippen molar-refractivity contribution in [2.24, 2.45) is 0 Å². The number of hydrogen-bond acceptors (Lipinski definition) is 2. The lowest BCUT2D eigenvalue weighted by atomic mass is 10.1. The number of aryl methyl sites for hydroxylation is 1. The Kier molecular flexibility index (Phi) is 4.09. The van der Waals surface area contributed by atoms with Gasteiger partial charge in [-0.05, 0) is 42.8 Å². The summed E-state index contributed by atoms with van der Waals surface area (Å²) in [6.45, 7) is 1.65. The third-order valence-corrected chi connectivity index (χ3v) is 3.57. The third-order valence-electron chi connectivity index (χ3n) is 3.07. The lowest BCUT2D eigenvalue weighted by Crippen LogP contribution is -2.27. The van der Waals surface area contributed by atoms with Gasteiger partial charge in [0.1, 0.15) is 5.82 Å². The largest absolute Gasteiger partial charge is 0.397 e. The van der Waals surface area contributed by atoms with E-state index in [1.807, 2.05) is 0 Å². The number of rotatable bonds is 2. The number of carbonyl (C=O) groups excluding carboxylic acids is 1. The minimum atomic E-state index is -0.395. The second kappa shape index (κ2) is 5.63. The molecule has 2 N–H and O–H groups in total. The van der Waals surface area contributed by atoms with Gasteiger partial charge in [-0.25, -0.2) is 4.39 Å². The topological polar surface area (TPSA) is 46.3 Å². The predicted molar refractivity (Wildman–Crippen MR) is 82.4 cm³/mol. The Morgan fingerprint density at radius 1 is 1.25 bits per heavy atom. The number of carbonyl (C=O) groups is 1. The summed E-state index contributed by atoms with van der Waals surface area (Å²) in [7, 11) is 1.61. The number of hydrogen-bond donors (Lipinski definition) is 1. The molecule has 0 aliphatic carbocycles. The highest BCUT2D eigenvalue weighted by Crippen LogP contribution is 2.27. The molecule has 2 aromatic carbocycles. The van der Waals surface area contributed by atoms with Crippen molar-refractivity contribution < 1.29 is 9.18 Å².